The van der Waals surface area contributed by atoms with Crippen molar-refractivity contribution in [2.24, 2.45) is 16.7 Å². The second kappa shape index (κ2) is 4.98. The number of ketones is 1. The van der Waals surface area contributed by atoms with E-state index in [1.54, 1.807) is 0 Å². The molecular weight excluding hydrogens is 334 g/mol. The molecule has 24 heavy (non-hydrogen) atoms. The highest BCUT2D eigenvalue weighted by Crippen LogP contribution is 2.64. The Morgan fingerprint density at radius 2 is 1.67 bits per heavy atom. The number of fused-ring (bicyclic) bond motifs is 2. The van der Waals surface area contributed by atoms with Crippen molar-refractivity contribution in [1.29, 1.82) is 0 Å². The van der Waals surface area contributed by atoms with Crippen molar-refractivity contribution in [3.63, 3.8) is 0 Å². The Morgan fingerprint density at radius 3 is 2.08 bits per heavy atom. The highest BCUT2D eigenvalue weighted by atomic mass is 32.2. The van der Waals surface area contributed by atoms with E-state index in [9.17, 15) is 22.8 Å². The zero-order valence-corrected chi connectivity index (χ0v) is 15.0. The molecule has 2 aliphatic carbocycles. The Balaban J connectivity index is 1.85. The molecule has 2 amide bonds. The molecule has 132 valence electrons. The van der Waals surface area contributed by atoms with E-state index in [2.05, 4.69) is 0 Å². The first-order valence-electron chi connectivity index (χ1n) is 7.95. The molecule has 2 atom stereocenters. The van der Waals surface area contributed by atoms with E-state index < -0.39 is 38.5 Å². The molecular formula is C16H21NO6S. The summed E-state index contributed by atoms with van der Waals surface area (Å²) in [7, 11) is -4.27. The SMILES string of the molecule is CC1=C(C)C(=O)N(OS(=O)(=O)CC23CCC(CC2=O)C3(C)C)C1=O. The number of carbonyl (C=O) groups excluding carboxylic acids is 3. The Labute approximate surface area is 141 Å². The van der Waals surface area contributed by atoms with E-state index in [1.165, 1.54) is 13.8 Å². The fraction of sp³-hybridized carbons (Fsp3) is 0.688. The van der Waals surface area contributed by atoms with Crippen LogP contribution in [0.2, 0.25) is 0 Å². The lowest BCUT2D eigenvalue weighted by Crippen LogP contribution is -2.44. The lowest BCUT2D eigenvalue weighted by Gasteiger charge is -2.35. The molecule has 2 fully saturated rings. The van der Waals surface area contributed by atoms with Crippen molar-refractivity contribution in [1.82, 2.24) is 5.06 Å². The smallest absolute Gasteiger partial charge is 0.289 e. The third-order valence-electron chi connectivity index (χ3n) is 6.32. The summed E-state index contributed by atoms with van der Waals surface area (Å²) >= 11 is 0. The maximum atomic E-state index is 12.5. The maximum absolute atomic E-state index is 12.5. The van der Waals surface area contributed by atoms with Gasteiger partial charge in [0, 0.05) is 17.6 Å². The Morgan fingerprint density at radius 1 is 1.12 bits per heavy atom. The summed E-state index contributed by atoms with van der Waals surface area (Å²) in [5.74, 6) is -1.96. The third kappa shape index (κ3) is 2.12. The molecule has 0 spiro atoms. The molecule has 0 aromatic carbocycles. The van der Waals surface area contributed by atoms with E-state index >= 15 is 0 Å². The molecule has 1 heterocycles. The molecule has 0 saturated heterocycles. The molecule has 2 unspecified atom stereocenters. The summed E-state index contributed by atoms with van der Waals surface area (Å²) < 4.78 is 29.9. The van der Waals surface area contributed by atoms with Gasteiger partial charge in [-0.1, -0.05) is 13.8 Å². The van der Waals surface area contributed by atoms with Gasteiger partial charge in [0.2, 0.25) is 0 Å². The van der Waals surface area contributed by atoms with Crippen molar-refractivity contribution in [3.8, 4) is 0 Å². The molecule has 3 aliphatic rings. The van der Waals surface area contributed by atoms with Gasteiger partial charge in [0.15, 0.2) is 0 Å². The van der Waals surface area contributed by atoms with Crippen LogP contribution in [0.5, 0.6) is 0 Å². The van der Waals surface area contributed by atoms with Crippen molar-refractivity contribution in [3.05, 3.63) is 11.1 Å². The van der Waals surface area contributed by atoms with Crippen LogP contribution in [0, 0.1) is 16.7 Å². The minimum Gasteiger partial charge on any atom is -0.299 e. The minimum absolute atomic E-state index is 0.0690. The monoisotopic (exact) mass is 355 g/mol. The molecule has 0 N–H and O–H groups in total. The van der Waals surface area contributed by atoms with Crippen molar-refractivity contribution < 1.29 is 27.1 Å². The molecule has 0 aromatic heterocycles. The topological polar surface area (TPSA) is 97.8 Å². The van der Waals surface area contributed by atoms with Gasteiger partial charge in [-0.05, 0) is 38.0 Å². The number of amides is 2. The van der Waals surface area contributed by atoms with Crippen LogP contribution in [-0.2, 0) is 28.8 Å². The fourth-order valence-corrected chi connectivity index (χ4v) is 6.03. The summed E-state index contributed by atoms with van der Waals surface area (Å²) in [6.07, 6.45) is 1.67. The molecule has 2 saturated carbocycles. The van der Waals surface area contributed by atoms with Crippen LogP contribution < -0.4 is 0 Å². The van der Waals surface area contributed by atoms with Crippen LogP contribution in [0.1, 0.15) is 47.0 Å². The van der Waals surface area contributed by atoms with Gasteiger partial charge in [0.05, 0.1) is 11.2 Å². The number of imide groups is 1. The number of hydrogen-bond acceptors (Lipinski definition) is 6. The van der Waals surface area contributed by atoms with E-state index in [0.29, 0.717) is 12.8 Å². The highest BCUT2D eigenvalue weighted by molar-refractivity contribution is 7.86. The van der Waals surface area contributed by atoms with Gasteiger partial charge in [-0.15, -0.1) is 9.35 Å². The first-order valence-corrected chi connectivity index (χ1v) is 9.52. The molecule has 0 radical (unpaired) electrons. The lowest BCUT2D eigenvalue weighted by molar-refractivity contribution is -0.162. The van der Waals surface area contributed by atoms with Gasteiger partial charge < -0.3 is 0 Å². The molecule has 7 nitrogen and oxygen atoms in total. The van der Waals surface area contributed by atoms with Crippen LogP contribution in [0.25, 0.3) is 0 Å². The molecule has 3 rings (SSSR count). The zero-order chi connectivity index (χ0) is 18.1. The van der Waals surface area contributed by atoms with Crippen LogP contribution in [-0.4, -0.2) is 36.8 Å². The lowest BCUT2D eigenvalue weighted by atomic mass is 9.70. The average molecular weight is 355 g/mol. The average Bonchev–Trinajstić information content (AvgIpc) is 2.90. The van der Waals surface area contributed by atoms with Gasteiger partial charge in [-0.3, -0.25) is 14.4 Å². The largest absolute Gasteiger partial charge is 0.299 e. The van der Waals surface area contributed by atoms with Crippen LogP contribution in [0.3, 0.4) is 0 Å². The standard InChI is InChI=1S/C16H21NO6S/c1-9-10(2)14(20)17(13(9)19)23-24(21,22)8-16-6-5-11(7-12(16)18)15(16,3)4/h11H,5-8H2,1-4H3. The van der Waals surface area contributed by atoms with Crippen LogP contribution in [0.15, 0.2) is 11.1 Å². The quantitative estimate of drug-likeness (QED) is 0.706. The molecule has 1 aliphatic heterocycles. The molecule has 8 heteroatoms. The van der Waals surface area contributed by atoms with Gasteiger partial charge in [0.1, 0.15) is 5.78 Å². The third-order valence-corrected chi connectivity index (χ3v) is 7.55. The summed E-state index contributed by atoms with van der Waals surface area (Å²) in [6.45, 7) is 6.70. The normalized spacial score (nSPS) is 32.4. The second-order valence-corrected chi connectivity index (χ2v) is 9.15. The number of carbonyl (C=O) groups is 3. The van der Waals surface area contributed by atoms with Gasteiger partial charge in [-0.2, -0.15) is 8.42 Å². The number of rotatable bonds is 4. The molecule has 0 aromatic rings. The predicted molar refractivity (Wildman–Crippen MR) is 83.7 cm³/mol. The van der Waals surface area contributed by atoms with Crippen LogP contribution in [0.4, 0.5) is 0 Å². The summed E-state index contributed by atoms with van der Waals surface area (Å²) in [5.41, 5.74) is -1.12. The Bertz CT molecular complexity index is 769. The first kappa shape index (κ1) is 17.3. The van der Waals surface area contributed by atoms with Crippen LogP contribution >= 0.6 is 0 Å². The van der Waals surface area contributed by atoms with Gasteiger partial charge >= 0.3 is 0 Å². The van der Waals surface area contributed by atoms with E-state index in [-0.39, 0.29) is 27.9 Å². The number of nitrogens with zero attached hydrogens (tertiary/aromatic N) is 1. The van der Waals surface area contributed by atoms with E-state index in [1.807, 2.05) is 13.8 Å². The number of Topliss-reactive ketones (excluding diaryl/α,β-unsaturated/α-hetero) is 1. The van der Waals surface area contributed by atoms with Gasteiger partial charge in [-0.25, -0.2) is 0 Å². The first-order chi connectivity index (χ1) is 10.9. The second-order valence-electron chi connectivity index (χ2n) is 7.60. The van der Waals surface area contributed by atoms with Crippen molar-refractivity contribution in [2.45, 2.75) is 47.0 Å². The van der Waals surface area contributed by atoms with Gasteiger partial charge in [0.25, 0.3) is 21.9 Å². The molecule has 2 bridgehead atoms. The number of hydrogen-bond donors (Lipinski definition) is 0. The highest BCUT2D eigenvalue weighted by Gasteiger charge is 2.65. The fourth-order valence-electron chi connectivity index (χ4n) is 4.34. The summed E-state index contributed by atoms with van der Waals surface area (Å²) in [4.78, 5) is 36.4. The Hall–Kier alpha value is -1.54. The zero-order valence-electron chi connectivity index (χ0n) is 14.2. The summed E-state index contributed by atoms with van der Waals surface area (Å²) in [5, 5.41) is 0.287. The Kier molecular flexibility index (Phi) is 3.59. The number of hydroxylamine groups is 2. The maximum Gasteiger partial charge on any atom is 0.289 e. The predicted octanol–water partition coefficient (Wildman–Crippen LogP) is 1.35. The van der Waals surface area contributed by atoms with E-state index in [0.717, 1.165) is 6.42 Å². The van der Waals surface area contributed by atoms with E-state index in [4.69, 9.17) is 4.28 Å². The summed E-state index contributed by atoms with van der Waals surface area (Å²) in [6, 6.07) is 0. The minimum atomic E-state index is -4.27. The van der Waals surface area contributed by atoms with Crippen molar-refractivity contribution in [2.75, 3.05) is 5.75 Å². The van der Waals surface area contributed by atoms with Crippen molar-refractivity contribution >= 4 is 27.7 Å².